The van der Waals surface area contributed by atoms with Crippen molar-refractivity contribution >= 4 is 39.4 Å². The molecule has 0 saturated heterocycles. The molecule has 1 amide bonds. The Hall–Kier alpha value is -1.86. The van der Waals surface area contributed by atoms with Crippen LogP contribution in [0.3, 0.4) is 0 Å². The lowest BCUT2D eigenvalue weighted by molar-refractivity contribution is 0.0993. The summed E-state index contributed by atoms with van der Waals surface area (Å²) in [5.41, 5.74) is 6.40. The van der Waals surface area contributed by atoms with E-state index in [1.54, 1.807) is 12.1 Å². The lowest BCUT2D eigenvalue weighted by Gasteiger charge is -2.01. The number of aryl methyl sites for hydroxylation is 1. The van der Waals surface area contributed by atoms with Crippen LogP contribution in [0.15, 0.2) is 34.1 Å². The summed E-state index contributed by atoms with van der Waals surface area (Å²) in [6, 6.07) is 6.18. The van der Waals surface area contributed by atoms with Gasteiger partial charge in [0.1, 0.15) is 21.9 Å². The number of amides is 1. The highest BCUT2D eigenvalue weighted by molar-refractivity contribution is 7.99. The summed E-state index contributed by atoms with van der Waals surface area (Å²) in [5.74, 6) is -0.872. The van der Waals surface area contributed by atoms with E-state index >= 15 is 0 Å². The number of nitrogens with two attached hydrogens (primary N) is 1. The van der Waals surface area contributed by atoms with Crippen LogP contribution >= 0.6 is 23.1 Å². The molecule has 3 aromatic rings. The summed E-state index contributed by atoms with van der Waals surface area (Å²) >= 11 is 2.73. The van der Waals surface area contributed by atoms with E-state index in [4.69, 9.17) is 5.73 Å². The van der Waals surface area contributed by atoms with Crippen molar-refractivity contribution in [3.63, 3.8) is 0 Å². The van der Waals surface area contributed by atoms with E-state index in [0.717, 1.165) is 9.84 Å². The number of nitrogens with one attached hydrogen (secondary N) is 1. The SMILES string of the molecule is Cc1nc2c(Sc3cccc(F)c3)c(C(N)=O)[nH]c2s1. The van der Waals surface area contributed by atoms with E-state index < -0.39 is 5.91 Å². The van der Waals surface area contributed by atoms with Crippen molar-refractivity contribution < 1.29 is 9.18 Å². The van der Waals surface area contributed by atoms with Gasteiger partial charge in [-0.2, -0.15) is 0 Å². The molecular weight excluding hydrogens is 297 g/mol. The number of thiazole rings is 1. The second-order valence-electron chi connectivity index (χ2n) is 4.16. The first-order chi connectivity index (χ1) is 9.54. The molecule has 3 rings (SSSR count). The molecule has 2 heterocycles. The third-order valence-electron chi connectivity index (χ3n) is 2.68. The Morgan fingerprint density at radius 1 is 1.50 bits per heavy atom. The lowest BCUT2D eigenvalue weighted by atomic mass is 10.3. The number of fused-ring (bicyclic) bond motifs is 1. The van der Waals surface area contributed by atoms with Gasteiger partial charge >= 0.3 is 0 Å². The Labute approximate surface area is 122 Å². The summed E-state index contributed by atoms with van der Waals surface area (Å²) in [6.45, 7) is 1.89. The normalized spacial score (nSPS) is 11.1. The third kappa shape index (κ3) is 2.30. The predicted octanol–water partition coefficient (Wildman–Crippen LogP) is 3.32. The maximum atomic E-state index is 13.2. The van der Waals surface area contributed by atoms with Gasteiger partial charge < -0.3 is 10.7 Å². The average Bonchev–Trinajstić information content (AvgIpc) is 2.87. The second kappa shape index (κ2) is 4.92. The molecule has 0 aliphatic carbocycles. The molecule has 0 fully saturated rings. The number of aromatic nitrogens is 2. The largest absolute Gasteiger partial charge is 0.364 e. The number of carbonyl (C=O) groups excluding carboxylic acids is 1. The zero-order chi connectivity index (χ0) is 14.3. The van der Waals surface area contributed by atoms with Crippen LogP contribution in [0.25, 0.3) is 10.3 Å². The number of primary amides is 1. The summed E-state index contributed by atoms with van der Waals surface area (Å²) in [5, 5.41) is 0.892. The van der Waals surface area contributed by atoms with Crippen molar-refractivity contribution in [2.75, 3.05) is 0 Å². The van der Waals surface area contributed by atoms with Crippen molar-refractivity contribution in [3.8, 4) is 0 Å². The van der Waals surface area contributed by atoms with Crippen LogP contribution in [0.5, 0.6) is 0 Å². The number of benzene rings is 1. The van der Waals surface area contributed by atoms with Gasteiger partial charge in [-0.25, -0.2) is 9.37 Å². The van der Waals surface area contributed by atoms with Crippen LogP contribution in [0, 0.1) is 12.7 Å². The number of nitrogens with zero attached hydrogens (tertiary/aromatic N) is 1. The molecule has 7 heteroatoms. The molecule has 0 atom stereocenters. The van der Waals surface area contributed by atoms with Crippen LogP contribution < -0.4 is 5.73 Å². The minimum atomic E-state index is -0.549. The first-order valence-electron chi connectivity index (χ1n) is 5.77. The fraction of sp³-hybridized carbons (Fsp3) is 0.0769. The minimum absolute atomic E-state index is 0.313. The first kappa shape index (κ1) is 13.1. The zero-order valence-corrected chi connectivity index (χ0v) is 12.1. The van der Waals surface area contributed by atoms with Gasteiger partial charge in [-0.15, -0.1) is 11.3 Å². The molecule has 0 bridgehead atoms. The Morgan fingerprint density at radius 2 is 2.30 bits per heavy atom. The number of hydrogen-bond acceptors (Lipinski definition) is 4. The Bertz CT molecular complexity index is 809. The molecule has 0 aliphatic rings. The van der Waals surface area contributed by atoms with Crippen molar-refractivity contribution in [1.29, 1.82) is 0 Å². The molecule has 0 spiro atoms. The number of halogens is 1. The average molecular weight is 307 g/mol. The van der Waals surface area contributed by atoms with Gasteiger partial charge in [0.2, 0.25) is 0 Å². The smallest absolute Gasteiger partial charge is 0.266 e. The van der Waals surface area contributed by atoms with Crippen molar-refractivity contribution in [2.24, 2.45) is 5.73 Å². The van der Waals surface area contributed by atoms with E-state index in [0.29, 0.717) is 21.0 Å². The highest BCUT2D eigenvalue weighted by Crippen LogP contribution is 2.38. The van der Waals surface area contributed by atoms with Gasteiger partial charge in [0.05, 0.1) is 9.90 Å². The molecule has 0 saturated carbocycles. The summed E-state index contributed by atoms with van der Waals surface area (Å²) in [4.78, 5) is 21.0. The molecule has 0 unspecified atom stereocenters. The molecule has 1 aromatic carbocycles. The van der Waals surface area contributed by atoms with Crippen LogP contribution in [-0.2, 0) is 0 Å². The zero-order valence-electron chi connectivity index (χ0n) is 10.4. The van der Waals surface area contributed by atoms with E-state index in [-0.39, 0.29) is 5.82 Å². The summed E-state index contributed by atoms with van der Waals surface area (Å²) in [6.07, 6.45) is 0. The van der Waals surface area contributed by atoms with Gasteiger partial charge in [0.25, 0.3) is 5.91 Å². The monoisotopic (exact) mass is 307 g/mol. The highest BCUT2D eigenvalue weighted by atomic mass is 32.2. The van der Waals surface area contributed by atoms with Gasteiger partial charge in [0.15, 0.2) is 0 Å². The molecule has 0 radical (unpaired) electrons. The summed E-state index contributed by atoms with van der Waals surface area (Å²) in [7, 11) is 0. The Kier molecular flexibility index (Phi) is 3.23. The summed E-state index contributed by atoms with van der Waals surface area (Å²) < 4.78 is 13.2. The van der Waals surface area contributed by atoms with Gasteiger partial charge in [-0.1, -0.05) is 17.8 Å². The van der Waals surface area contributed by atoms with E-state index in [1.807, 2.05) is 6.92 Å². The molecule has 2 aromatic heterocycles. The highest BCUT2D eigenvalue weighted by Gasteiger charge is 2.19. The van der Waals surface area contributed by atoms with E-state index in [1.165, 1.54) is 35.2 Å². The number of hydrogen-bond donors (Lipinski definition) is 2. The van der Waals surface area contributed by atoms with Crippen LogP contribution in [0.1, 0.15) is 15.5 Å². The maximum Gasteiger partial charge on any atom is 0.266 e. The fourth-order valence-corrected chi connectivity index (χ4v) is 3.82. The molecule has 20 heavy (non-hydrogen) atoms. The number of rotatable bonds is 3. The van der Waals surface area contributed by atoms with Gasteiger partial charge in [-0.3, -0.25) is 4.79 Å². The fourth-order valence-electron chi connectivity index (χ4n) is 1.88. The standard InChI is InChI=1S/C13H10FN3OS2/c1-6-16-10-11(9(12(15)18)17-13(10)19-6)20-8-4-2-3-7(14)5-8/h2-5,17H,1H3,(H2,15,18). The van der Waals surface area contributed by atoms with Crippen molar-refractivity contribution in [3.05, 3.63) is 40.8 Å². The second-order valence-corrected chi connectivity index (χ2v) is 6.45. The molecular formula is C13H10FN3OS2. The van der Waals surface area contributed by atoms with Gasteiger partial charge in [-0.05, 0) is 25.1 Å². The molecule has 102 valence electrons. The number of carbonyl (C=O) groups is 1. The van der Waals surface area contributed by atoms with Crippen LogP contribution in [0.2, 0.25) is 0 Å². The van der Waals surface area contributed by atoms with Gasteiger partial charge in [0, 0.05) is 4.90 Å². The maximum absolute atomic E-state index is 13.2. The van der Waals surface area contributed by atoms with E-state index in [2.05, 4.69) is 9.97 Å². The van der Waals surface area contributed by atoms with E-state index in [9.17, 15) is 9.18 Å². The number of H-pyrrole nitrogens is 1. The van der Waals surface area contributed by atoms with Crippen molar-refractivity contribution in [2.45, 2.75) is 16.7 Å². The lowest BCUT2D eigenvalue weighted by Crippen LogP contribution is -2.12. The molecule has 4 nitrogen and oxygen atoms in total. The van der Waals surface area contributed by atoms with Crippen LogP contribution in [-0.4, -0.2) is 15.9 Å². The minimum Gasteiger partial charge on any atom is -0.364 e. The van der Waals surface area contributed by atoms with Crippen LogP contribution in [0.4, 0.5) is 4.39 Å². The Balaban J connectivity index is 2.12. The topological polar surface area (TPSA) is 71.8 Å². The van der Waals surface area contributed by atoms with Crippen molar-refractivity contribution in [1.82, 2.24) is 9.97 Å². The molecule has 3 N–H and O–H groups in total. The predicted molar refractivity (Wildman–Crippen MR) is 77.7 cm³/mol. The quantitative estimate of drug-likeness (QED) is 0.779. The Morgan fingerprint density at radius 3 is 3.00 bits per heavy atom. The number of aromatic amines is 1. The first-order valence-corrected chi connectivity index (χ1v) is 7.40. The molecule has 0 aliphatic heterocycles. The third-order valence-corrected chi connectivity index (χ3v) is 4.65.